The van der Waals surface area contributed by atoms with Gasteiger partial charge in [0.05, 0.1) is 5.76 Å². The third-order valence-corrected chi connectivity index (χ3v) is 4.60. The molecular weight excluding hydrogens is 282 g/mol. The van der Waals surface area contributed by atoms with Crippen molar-refractivity contribution in [2.24, 2.45) is 17.6 Å². The van der Waals surface area contributed by atoms with Crippen LogP contribution in [0.1, 0.15) is 32.6 Å². The molecule has 2 heteroatoms. The average Bonchev–Trinajstić information content (AvgIpc) is 2.47. The second-order valence-corrected chi connectivity index (χ2v) is 6.45. The quantitative estimate of drug-likeness (QED) is 0.657. The van der Waals surface area contributed by atoms with Crippen molar-refractivity contribution < 1.29 is 5.11 Å². The van der Waals surface area contributed by atoms with Crippen LogP contribution < -0.4 is 5.73 Å². The number of hydrogen-bond donors (Lipinski definition) is 2. The van der Waals surface area contributed by atoms with Gasteiger partial charge in [-0.15, -0.1) is 13.2 Å². The Morgan fingerprint density at radius 2 is 1.87 bits per heavy atom. The molecule has 0 amide bonds. The van der Waals surface area contributed by atoms with E-state index in [2.05, 4.69) is 25.8 Å². The van der Waals surface area contributed by atoms with E-state index in [0.717, 1.165) is 36.1 Å². The van der Waals surface area contributed by atoms with Gasteiger partial charge in [-0.3, -0.25) is 0 Å². The Labute approximate surface area is 139 Å². The summed E-state index contributed by atoms with van der Waals surface area (Å²) in [6, 6.07) is 0. The smallest absolute Gasteiger partial charge is 0.0928 e. The summed E-state index contributed by atoms with van der Waals surface area (Å²) < 4.78 is 0. The van der Waals surface area contributed by atoms with E-state index in [0.29, 0.717) is 18.1 Å². The fraction of sp³-hybridized carbons (Fsp3) is 0.333. The normalized spacial score (nSPS) is 24.5. The third-order valence-electron chi connectivity index (χ3n) is 4.60. The van der Waals surface area contributed by atoms with Crippen molar-refractivity contribution in [1.82, 2.24) is 0 Å². The summed E-state index contributed by atoms with van der Waals surface area (Å²) in [5.41, 5.74) is 11.9. The van der Waals surface area contributed by atoms with Gasteiger partial charge in [0.2, 0.25) is 0 Å². The lowest BCUT2D eigenvalue weighted by atomic mass is 9.74. The van der Waals surface area contributed by atoms with Gasteiger partial charge in [-0.1, -0.05) is 30.4 Å². The van der Waals surface area contributed by atoms with Crippen LogP contribution in [0.15, 0.2) is 83.9 Å². The Morgan fingerprint density at radius 1 is 1.22 bits per heavy atom. The molecule has 3 N–H and O–H groups in total. The van der Waals surface area contributed by atoms with Gasteiger partial charge in [-0.05, 0) is 66.9 Å². The SMILES string of the molecule is C=CCC1CC(O)=CC=C1C1=CC(N)=C(C(=C)C)C(CC=C)C1. The predicted octanol–water partition coefficient (Wildman–Crippen LogP) is 5.26. The van der Waals surface area contributed by atoms with E-state index in [9.17, 15) is 5.11 Å². The minimum atomic E-state index is 0.271. The topological polar surface area (TPSA) is 46.2 Å². The molecule has 0 spiro atoms. The van der Waals surface area contributed by atoms with Gasteiger partial charge in [-0.25, -0.2) is 0 Å². The van der Waals surface area contributed by atoms with Gasteiger partial charge in [0.15, 0.2) is 0 Å². The molecule has 2 aliphatic rings. The van der Waals surface area contributed by atoms with Crippen LogP contribution in [0.2, 0.25) is 0 Å². The van der Waals surface area contributed by atoms with Crippen LogP contribution >= 0.6 is 0 Å². The molecule has 0 bridgehead atoms. The molecule has 0 radical (unpaired) electrons. The maximum Gasteiger partial charge on any atom is 0.0928 e. The van der Waals surface area contributed by atoms with Crippen molar-refractivity contribution in [2.45, 2.75) is 32.6 Å². The number of hydrogen-bond acceptors (Lipinski definition) is 2. The summed E-state index contributed by atoms with van der Waals surface area (Å²) >= 11 is 0. The van der Waals surface area contributed by atoms with Gasteiger partial charge in [-0.2, -0.15) is 0 Å². The first-order valence-corrected chi connectivity index (χ1v) is 8.15. The molecule has 2 rings (SSSR count). The lowest BCUT2D eigenvalue weighted by Gasteiger charge is -2.31. The molecule has 0 aromatic carbocycles. The number of rotatable bonds is 6. The van der Waals surface area contributed by atoms with E-state index >= 15 is 0 Å². The Morgan fingerprint density at radius 3 is 2.48 bits per heavy atom. The van der Waals surface area contributed by atoms with Crippen LogP contribution in [0.3, 0.4) is 0 Å². The van der Waals surface area contributed by atoms with Crippen LogP contribution in [0.5, 0.6) is 0 Å². The van der Waals surface area contributed by atoms with Gasteiger partial charge < -0.3 is 10.8 Å². The predicted molar refractivity (Wildman–Crippen MR) is 98.7 cm³/mol. The zero-order chi connectivity index (χ0) is 17.0. The molecule has 0 heterocycles. The molecule has 0 aromatic heterocycles. The Kier molecular flexibility index (Phi) is 5.49. The molecule has 0 aromatic rings. The molecule has 2 aliphatic carbocycles. The molecule has 0 fully saturated rings. The highest BCUT2D eigenvalue weighted by Gasteiger charge is 2.28. The van der Waals surface area contributed by atoms with Crippen molar-refractivity contribution >= 4 is 0 Å². The highest BCUT2D eigenvalue weighted by Crippen LogP contribution is 2.41. The van der Waals surface area contributed by atoms with E-state index in [1.54, 1.807) is 6.08 Å². The monoisotopic (exact) mass is 309 g/mol. The molecule has 23 heavy (non-hydrogen) atoms. The van der Waals surface area contributed by atoms with Crippen LogP contribution in [-0.4, -0.2) is 5.11 Å². The fourth-order valence-corrected chi connectivity index (χ4v) is 3.66. The van der Waals surface area contributed by atoms with Crippen molar-refractivity contribution in [3.8, 4) is 0 Å². The zero-order valence-corrected chi connectivity index (χ0v) is 14.0. The van der Waals surface area contributed by atoms with Gasteiger partial charge >= 0.3 is 0 Å². The first-order chi connectivity index (χ1) is 11.0. The first kappa shape index (κ1) is 17.1. The molecule has 2 unspecified atom stereocenters. The lowest BCUT2D eigenvalue weighted by molar-refractivity contribution is 0.359. The van der Waals surface area contributed by atoms with Crippen molar-refractivity contribution in [1.29, 1.82) is 0 Å². The van der Waals surface area contributed by atoms with E-state index in [-0.39, 0.29) is 5.92 Å². The zero-order valence-electron chi connectivity index (χ0n) is 14.0. The molecule has 0 saturated carbocycles. The van der Waals surface area contributed by atoms with E-state index in [4.69, 9.17) is 5.73 Å². The Bertz CT molecular complexity index is 643. The van der Waals surface area contributed by atoms with E-state index < -0.39 is 0 Å². The minimum absolute atomic E-state index is 0.271. The lowest BCUT2D eigenvalue weighted by Crippen LogP contribution is -2.20. The number of allylic oxidation sites excluding steroid dienone is 10. The maximum atomic E-state index is 9.83. The van der Waals surface area contributed by atoms with E-state index in [1.807, 2.05) is 25.2 Å². The van der Waals surface area contributed by atoms with Crippen LogP contribution in [0, 0.1) is 11.8 Å². The largest absolute Gasteiger partial charge is 0.512 e. The fourth-order valence-electron chi connectivity index (χ4n) is 3.66. The third kappa shape index (κ3) is 3.76. The molecule has 0 aliphatic heterocycles. The summed E-state index contributed by atoms with van der Waals surface area (Å²) in [6.07, 6.45) is 13.1. The number of aliphatic hydroxyl groups excluding tert-OH is 1. The molecule has 2 nitrogen and oxygen atoms in total. The van der Waals surface area contributed by atoms with Gasteiger partial charge in [0.1, 0.15) is 0 Å². The van der Waals surface area contributed by atoms with Crippen molar-refractivity contribution in [3.05, 3.63) is 83.9 Å². The molecule has 0 saturated heterocycles. The van der Waals surface area contributed by atoms with Crippen LogP contribution in [0.4, 0.5) is 0 Å². The second kappa shape index (κ2) is 7.36. The number of aliphatic hydroxyl groups is 1. The molecular formula is C21H27NO. The maximum absolute atomic E-state index is 9.83. The molecule has 2 atom stereocenters. The minimum Gasteiger partial charge on any atom is -0.512 e. The Balaban J connectivity index is 2.42. The standard InChI is InChI=1S/C21H27NO/c1-5-7-15-12-18(23)9-10-19(15)17-11-16(8-6-2)21(14(3)4)20(22)13-17/h5-6,9-10,13,15-16,23H,1-3,7-8,11-12,22H2,4H3. The van der Waals surface area contributed by atoms with Crippen molar-refractivity contribution in [2.75, 3.05) is 0 Å². The van der Waals surface area contributed by atoms with Crippen LogP contribution in [-0.2, 0) is 0 Å². The highest BCUT2D eigenvalue weighted by molar-refractivity contribution is 5.50. The summed E-state index contributed by atoms with van der Waals surface area (Å²) in [5, 5.41) is 9.83. The summed E-state index contributed by atoms with van der Waals surface area (Å²) in [4.78, 5) is 0. The summed E-state index contributed by atoms with van der Waals surface area (Å²) in [7, 11) is 0. The average molecular weight is 309 g/mol. The molecule has 122 valence electrons. The van der Waals surface area contributed by atoms with Gasteiger partial charge in [0.25, 0.3) is 0 Å². The summed E-state index contributed by atoms with van der Waals surface area (Å²) in [5.74, 6) is 1.04. The van der Waals surface area contributed by atoms with Gasteiger partial charge in [0, 0.05) is 12.1 Å². The summed E-state index contributed by atoms with van der Waals surface area (Å²) in [6.45, 7) is 13.8. The highest BCUT2D eigenvalue weighted by atomic mass is 16.3. The van der Waals surface area contributed by atoms with Crippen molar-refractivity contribution in [3.63, 3.8) is 0 Å². The van der Waals surface area contributed by atoms with E-state index in [1.165, 1.54) is 11.1 Å². The van der Waals surface area contributed by atoms with Crippen LogP contribution in [0.25, 0.3) is 0 Å². The first-order valence-electron chi connectivity index (χ1n) is 8.15. The Hall–Kier alpha value is -2.22. The number of nitrogens with two attached hydrogens (primary N) is 1. The second-order valence-electron chi connectivity index (χ2n) is 6.45.